The second kappa shape index (κ2) is 10.2. The molecule has 0 spiro atoms. The van der Waals surface area contributed by atoms with E-state index in [-0.39, 0.29) is 4.90 Å². The fourth-order valence-electron chi connectivity index (χ4n) is 3.41. The largest absolute Gasteiger partial charge is 0.370 e. The lowest BCUT2D eigenvalue weighted by Gasteiger charge is -2.12. The Morgan fingerprint density at radius 1 is 1.06 bits per heavy atom. The molecule has 4 aromatic rings. The molecule has 4 rings (SSSR count). The van der Waals surface area contributed by atoms with Crippen LogP contribution in [0.5, 0.6) is 0 Å². The van der Waals surface area contributed by atoms with Crippen LogP contribution in [0.4, 0.5) is 5.82 Å². The molecule has 0 aliphatic rings. The Balaban J connectivity index is 1.39. The highest BCUT2D eigenvalue weighted by molar-refractivity contribution is 9.10. The molecule has 0 aliphatic carbocycles. The number of hydrogen-bond donors (Lipinski definition) is 2. The first kappa shape index (κ1) is 23.7. The standard InChI is InChI=1S/C23H23BrClN5O2S/c1-16-7-6-8-17(13-16)33(31,32)28-12-5-4-11-26-22-14-21(18-9-2-3-10-20(18)25)29-23-19(24)15-27-30(22)23/h2-3,6-10,13-15,26,28H,4-5,11-12H2,1H3. The number of sulfonamides is 1. The predicted molar refractivity (Wildman–Crippen MR) is 135 cm³/mol. The lowest BCUT2D eigenvalue weighted by atomic mass is 10.1. The summed E-state index contributed by atoms with van der Waals surface area (Å²) in [4.78, 5) is 4.99. The number of aryl methyl sites for hydroxylation is 1. The summed E-state index contributed by atoms with van der Waals surface area (Å²) in [6, 6.07) is 16.4. The van der Waals surface area contributed by atoms with Crippen molar-refractivity contribution in [1.29, 1.82) is 0 Å². The lowest BCUT2D eigenvalue weighted by Crippen LogP contribution is -2.25. The summed E-state index contributed by atoms with van der Waals surface area (Å²) in [5, 5.41) is 8.39. The van der Waals surface area contributed by atoms with Crippen molar-refractivity contribution in [3.05, 3.63) is 75.9 Å². The van der Waals surface area contributed by atoms with Gasteiger partial charge in [0.1, 0.15) is 5.82 Å². The number of aromatic nitrogens is 3. The fraction of sp³-hybridized carbons (Fsp3) is 0.217. The van der Waals surface area contributed by atoms with Gasteiger partial charge in [0.2, 0.25) is 10.0 Å². The Morgan fingerprint density at radius 2 is 1.85 bits per heavy atom. The van der Waals surface area contributed by atoms with Gasteiger partial charge in [0.15, 0.2) is 5.65 Å². The van der Waals surface area contributed by atoms with Crippen molar-refractivity contribution in [2.45, 2.75) is 24.7 Å². The molecule has 172 valence electrons. The Labute approximate surface area is 206 Å². The van der Waals surface area contributed by atoms with Gasteiger partial charge in [-0.3, -0.25) is 0 Å². The van der Waals surface area contributed by atoms with Crippen molar-refractivity contribution < 1.29 is 8.42 Å². The highest BCUT2D eigenvalue weighted by Gasteiger charge is 2.14. The molecule has 0 aliphatic heterocycles. The van der Waals surface area contributed by atoms with Crippen LogP contribution in [-0.2, 0) is 10.0 Å². The molecule has 7 nitrogen and oxygen atoms in total. The number of fused-ring (bicyclic) bond motifs is 1. The summed E-state index contributed by atoms with van der Waals surface area (Å²) < 4.78 is 30.0. The Hall–Kier alpha value is -2.46. The summed E-state index contributed by atoms with van der Waals surface area (Å²) in [6.45, 7) is 2.88. The molecule has 0 saturated carbocycles. The number of hydrogen-bond acceptors (Lipinski definition) is 5. The SMILES string of the molecule is Cc1cccc(S(=O)(=O)NCCCCNc2cc(-c3ccccc3Cl)nc3c(Br)cnn23)c1. The molecule has 2 heterocycles. The third-order valence-corrected chi connectivity index (χ3v) is 7.43. The summed E-state index contributed by atoms with van der Waals surface area (Å²) in [7, 11) is -3.50. The van der Waals surface area contributed by atoms with Gasteiger partial charge in [-0.1, -0.05) is 41.9 Å². The van der Waals surface area contributed by atoms with Crippen LogP contribution in [0, 0.1) is 6.92 Å². The molecule has 2 aromatic heterocycles. The zero-order valence-electron chi connectivity index (χ0n) is 17.9. The van der Waals surface area contributed by atoms with Crippen LogP contribution >= 0.6 is 27.5 Å². The van der Waals surface area contributed by atoms with Crippen molar-refractivity contribution in [2.75, 3.05) is 18.4 Å². The predicted octanol–water partition coefficient (Wildman–Crippen LogP) is 5.29. The normalized spacial score (nSPS) is 11.7. The monoisotopic (exact) mass is 547 g/mol. The van der Waals surface area contributed by atoms with Gasteiger partial charge in [-0.05, 0) is 59.5 Å². The van der Waals surface area contributed by atoms with Crippen LogP contribution in [0.15, 0.2) is 70.2 Å². The highest BCUT2D eigenvalue weighted by Crippen LogP contribution is 2.30. The van der Waals surface area contributed by atoms with Crippen molar-refractivity contribution >= 4 is 49.0 Å². The maximum atomic E-state index is 12.4. The zero-order chi connectivity index (χ0) is 23.4. The number of rotatable bonds is 9. The molecule has 10 heteroatoms. The first-order valence-corrected chi connectivity index (χ1v) is 13.1. The smallest absolute Gasteiger partial charge is 0.240 e. The molecule has 2 N–H and O–H groups in total. The third kappa shape index (κ3) is 5.55. The summed E-state index contributed by atoms with van der Waals surface area (Å²) in [5.74, 6) is 0.779. The Bertz CT molecular complexity index is 1390. The first-order chi connectivity index (χ1) is 15.8. The van der Waals surface area contributed by atoms with Crippen molar-refractivity contribution in [3.8, 4) is 11.3 Å². The van der Waals surface area contributed by atoms with E-state index in [1.54, 1.807) is 28.9 Å². The van der Waals surface area contributed by atoms with Crippen LogP contribution in [0.25, 0.3) is 16.9 Å². The number of benzene rings is 2. The van der Waals surface area contributed by atoms with Crippen LogP contribution in [0.2, 0.25) is 5.02 Å². The second-order valence-electron chi connectivity index (χ2n) is 7.58. The fourth-order valence-corrected chi connectivity index (χ4v) is 5.17. The average Bonchev–Trinajstić information content (AvgIpc) is 3.17. The van der Waals surface area contributed by atoms with E-state index >= 15 is 0 Å². The average molecular weight is 549 g/mol. The Morgan fingerprint density at radius 3 is 2.64 bits per heavy atom. The first-order valence-electron chi connectivity index (χ1n) is 10.4. The van der Waals surface area contributed by atoms with Gasteiger partial charge in [0.25, 0.3) is 0 Å². The van der Waals surface area contributed by atoms with Crippen molar-refractivity contribution in [1.82, 2.24) is 19.3 Å². The molecular weight excluding hydrogens is 526 g/mol. The highest BCUT2D eigenvalue weighted by atomic mass is 79.9. The quantitative estimate of drug-likeness (QED) is 0.278. The molecule has 0 saturated heterocycles. The number of unbranched alkanes of at least 4 members (excludes halogenated alkanes) is 1. The topological polar surface area (TPSA) is 88.4 Å². The third-order valence-electron chi connectivity index (χ3n) is 5.08. The summed E-state index contributed by atoms with van der Waals surface area (Å²) >= 11 is 9.88. The van der Waals surface area contributed by atoms with Gasteiger partial charge in [-0.25, -0.2) is 18.1 Å². The van der Waals surface area contributed by atoms with E-state index in [1.807, 2.05) is 43.3 Å². The molecule has 2 aromatic carbocycles. The van der Waals surface area contributed by atoms with Crippen LogP contribution in [0.3, 0.4) is 0 Å². The molecular formula is C23H23BrClN5O2S. The van der Waals surface area contributed by atoms with Crippen LogP contribution < -0.4 is 10.0 Å². The second-order valence-corrected chi connectivity index (χ2v) is 10.6. The van der Waals surface area contributed by atoms with E-state index in [9.17, 15) is 8.42 Å². The number of anilines is 1. The summed E-state index contributed by atoms with van der Waals surface area (Å²) in [5.41, 5.74) is 3.17. The molecule has 0 radical (unpaired) electrons. The number of halogens is 2. The van der Waals surface area contributed by atoms with E-state index in [0.717, 1.165) is 33.5 Å². The maximum Gasteiger partial charge on any atom is 0.240 e. The van der Waals surface area contributed by atoms with Gasteiger partial charge in [-0.15, -0.1) is 0 Å². The maximum absolute atomic E-state index is 12.4. The van der Waals surface area contributed by atoms with E-state index in [4.69, 9.17) is 16.6 Å². The molecule has 0 unspecified atom stereocenters. The van der Waals surface area contributed by atoms with E-state index in [1.165, 1.54) is 0 Å². The lowest BCUT2D eigenvalue weighted by molar-refractivity contribution is 0.577. The molecule has 0 atom stereocenters. The minimum absolute atomic E-state index is 0.288. The van der Waals surface area contributed by atoms with E-state index < -0.39 is 10.0 Å². The van der Waals surface area contributed by atoms with Crippen molar-refractivity contribution in [3.63, 3.8) is 0 Å². The van der Waals surface area contributed by atoms with Gasteiger partial charge in [-0.2, -0.15) is 9.61 Å². The van der Waals surface area contributed by atoms with Crippen LogP contribution in [-0.4, -0.2) is 36.1 Å². The van der Waals surface area contributed by atoms with Gasteiger partial charge in [0, 0.05) is 29.7 Å². The zero-order valence-corrected chi connectivity index (χ0v) is 21.1. The molecule has 0 fully saturated rings. The number of nitrogens with one attached hydrogen (secondary N) is 2. The molecule has 0 amide bonds. The minimum Gasteiger partial charge on any atom is -0.370 e. The molecule has 0 bridgehead atoms. The number of nitrogens with zero attached hydrogens (tertiary/aromatic N) is 3. The van der Waals surface area contributed by atoms with Gasteiger partial charge in [0.05, 0.1) is 21.3 Å². The Kier molecular flexibility index (Phi) is 7.33. The van der Waals surface area contributed by atoms with Crippen molar-refractivity contribution in [2.24, 2.45) is 0 Å². The van der Waals surface area contributed by atoms with E-state index in [0.29, 0.717) is 30.2 Å². The molecule has 33 heavy (non-hydrogen) atoms. The van der Waals surface area contributed by atoms with Gasteiger partial charge >= 0.3 is 0 Å². The van der Waals surface area contributed by atoms with Crippen LogP contribution in [0.1, 0.15) is 18.4 Å². The van der Waals surface area contributed by atoms with Gasteiger partial charge < -0.3 is 5.32 Å². The van der Waals surface area contributed by atoms with E-state index in [2.05, 4.69) is 31.1 Å². The minimum atomic E-state index is -3.50. The summed E-state index contributed by atoms with van der Waals surface area (Å²) in [6.07, 6.45) is 3.15.